The molecule has 2 heterocycles. The molecule has 0 spiro atoms. The lowest BCUT2D eigenvalue weighted by Gasteiger charge is -2.42. The normalized spacial score (nSPS) is 17.0. The molecule has 1 aromatic carbocycles. The maximum Gasteiger partial charge on any atom is 0.342 e. The van der Waals surface area contributed by atoms with E-state index in [-0.39, 0.29) is 23.4 Å². The van der Waals surface area contributed by atoms with Crippen molar-refractivity contribution in [2.45, 2.75) is 52.1 Å². The average Bonchev–Trinajstić information content (AvgIpc) is 2.60. The molecule has 7 heteroatoms. The average molecular weight is 384 g/mol. The van der Waals surface area contributed by atoms with Gasteiger partial charge in [-0.2, -0.15) is 0 Å². The third-order valence-electron chi connectivity index (χ3n) is 5.29. The van der Waals surface area contributed by atoms with Crippen LogP contribution in [0.3, 0.4) is 0 Å². The number of ether oxygens (including phenoxy) is 1. The van der Waals surface area contributed by atoms with E-state index in [1.165, 1.54) is 0 Å². The van der Waals surface area contributed by atoms with Crippen LogP contribution in [0.25, 0.3) is 0 Å². The van der Waals surface area contributed by atoms with Gasteiger partial charge in [0, 0.05) is 18.0 Å². The van der Waals surface area contributed by atoms with Crippen LogP contribution in [0.4, 0.5) is 0 Å². The largest absolute Gasteiger partial charge is 0.477 e. The van der Waals surface area contributed by atoms with Gasteiger partial charge in [0.25, 0.3) is 5.56 Å². The fraction of sp³-hybridized carbons (Fsp3) is 0.429. The van der Waals surface area contributed by atoms with Crippen LogP contribution in [-0.2, 0) is 22.2 Å². The summed E-state index contributed by atoms with van der Waals surface area (Å²) in [7, 11) is 0. The summed E-state index contributed by atoms with van der Waals surface area (Å²) in [5.74, 6) is -1.90. The number of aryl methyl sites for hydroxylation is 1. The van der Waals surface area contributed by atoms with E-state index in [9.17, 15) is 14.4 Å². The van der Waals surface area contributed by atoms with Crippen LogP contribution >= 0.6 is 0 Å². The van der Waals surface area contributed by atoms with Crippen LogP contribution in [0.1, 0.15) is 70.9 Å². The third kappa shape index (κ3) is 3.49. The minimum atomic E-state index is -1.38. The first-order valence-electron chi connectivity index (χ1n) is 9.06. The van der Waals surface area contributed by atoms with E-state index in [0.29, 0.717) is 6.61 Å². The number of carbonyl (C=O) groups is 2. The van der Waals surface area contributed by atoms with Crippen molar-refractivity contribution in [3.8, 4) is 0 Å². The van der Waals surface area contributed by atoms with Crippen molar-refractivity contribution in [1.82, 2.24) is 9.97 Å². The Morgan fingerprint density at radius 1 is 1.21 bits per heavy atom. The molecule has 2 aromatic rings. The van der Waals surface area contributed by atoms with Gasteiger partial charge < -0.3 is 14.8 Å². The fourth-order valence-corrected chi connectivity index (χ4v) is 3.46. The van der Waals surface area contributed by atoms with Gasteiger partial charge in [0.05, 0.1) is 12.2 Å². The summed E-state index contributed by atoms with van der Waals surface area (Å²) in [6.45, 7) is 10.8. The van der Waals surface area contributed by atoms with Crippen molar-refractivity contribution in [3.05, 3.63) is 62.3 Å². The number of ketones is 1. The van der Waals surface area contributed by atoms with Gasteiger partial charge in [-0.3, -0.25) is 9.59 Å². The number of hydrogen-bond acceptors (Lipinski definition) is 5. The highest BCUT2D eigenvalue weighted by Gasteiger charge is 2.38. The minimum Gasteiger partial charge on any atom is -0.477 e. The Morgan fingerprint density at radius 3 is 2.50 bits per heavy atom. The number of hydrogen-bond donors (Lipinski definition) is 2. The first-order valence-corrected chi connectivity index (χ1v) is 9.06. The third-order valence-corrected chi connectivity index (χ3v) is 5.29. The monoisotopic (exact) mass is 384 g/mol. The molecule has 0 saturated heterocycles. The Labute approximate surface area is 162 Å². The van der Waals surface area contributed by atoms with Gasteiger partial charge in [-0.05, 0) is 43.0 Å². The molecule has 0 amide bonds. The van der Waals surface area contributed by atoms with Gasteiger partial charge in [0.2, 0.25) is 5.78 Å². The van der Waals surface area contributed by atoms with Crippen LogP contribution in [0.2, 0.25) is 0 Å². The van der Waals surface area contributed by atoms with Crippen molar-refractivity contribution >= 4 is 11.8 Å². The number of fused-ring (bicyclic) bond motifs is 1. The summed E-state index contributed by atoms with van der Waals surface area (Å²) in [6, 6.07) is 4.10. The molecule has 0 fully saturated rings. The number of aromatic nitrogens is 2. The van der Waals surface area contributed by atoms with Crippen molar-refractivity contribution < 1.29 is 19.4 Å². The summed E-state index contributed by atoms with van der Waals surface area (Å²) < 4.78 is 6.03. The first-order chi connectivity index (χ1) is 12.9. The highest BCUT2D eigenvalue weighted by molar-refractivity contribution is 5.95. The molecule has 2 N–H and O–H groups in total. The Morgan fingerprint density at radius 2 is 1.89 bits per heavy atom. The molecule has 7 nitrogen and oxygen atoms in total. The number of aromatic amines is 1. The van der Waals surface area contributed by atoms with Gasteiger partial charge >= 0.3 is 5.97 Å². The van der Waals surface area contributed by atoms with Gasteiger partial charge in [0.1, 0.15) is 5.56 Å². The predicted molar refractivity (Wildman–Crippen MR) is 103 cm³/mol. The molecule has 0 atom stereocenters. The number of nitrogens with one attached hydrogen (secondary N) is 1. The van der Waals surface area contributed by atoms with E-state index in [4.69, 9.17) is 9.84 Å². The molecular formula is C21H24N2O5. The van der Waals surface area contributed by atoms with Gasteiger partial charge in [-0.25, -0.2) is 9.78 Å². The number of carboxylic acid groups (broad SMARTS) is 1. The molecule has 1 aliphatic rings. The minimum absolute atomic E-state index is 0.0613. The van der Waals surface area contributed by atoms with Crippen LogP contribution in [0.15, 0.2) is 23.1 Å². The molecule has 148 valence electrons. The summed E-state index contributed by atoms with van der Waals surface area (Å²) in [4.78, 5) is 41.5. The quantitative estimate of drug-likeness (QED) is 0.785. The lowest BCUT2D eigenvalue weighted by atomic mass is 9.74. The fourth-order valence-electron chi connectivity index (χ4n) is 3.46. The Bertz CT molecular complexity index is 1030. The van der Waals surface area contributed by atoms with Gasteiger partial charge in [0.15, 0.2) is 5.82 Å². The van der Waals surface area contributed by atoms with Crippen molar-refractivity contribution in [2.75, 3.05) is 6.61 Å². The maximum absolute atomic E-state index is 12.7. The van der Waals surface area contributed by atoms with Crippen LogP contribution in [0.5, 0.6) is 0 Å². The summed E-state index contributed by atoms with van der Waals surface area (Å²) in [5, 5.41) is 8.92. The molecule has 0 aliphatic carbocycles. The lowest BCUT2D eigenvalue weighted by Crippen LogP contribution is -2.40. The van der Waals surface area contributed by atoms with Crippen molar-refractivity contribution in [2.24, 2.45) is 0 Å². The molecule has 1 aromatic heterocycles. The lowest BCUT2D eigenvalue weighted by molar-refractivity contribution is -0.0588. The van der Waals surface area contributed by atoms with E-state index < -0.39 is 22.7 Å². The number of carboxylic acids is 1. The second-order valence-corrected chi connectivity index (χ2v) is 8.39. The number of rotatable bonds is 4. The first kappa shape index (κ1) is 19.9. The number of aromatic carboxylic acids is 1. The zero-order valence-electron chi connectivity index (χ0n) is 16.7. The number of nitrogens with zero attached hydrogens (tertiary/aromatic N) is 1. The highest BCUT2D eigenvalue weighted by atomic mass is 16.5. The van der Waals surface area contributed by atoms with Gasteiger partial charge in [-0.15, -0.1) is 0 Å². The molecule has 0 radical (unpaired) electrons. The van der Waals surface area contributed by atoms with Crippen LogP contribution < -0.4 is 5.56 Å². The van der Waals surface area contributed by atoms with E-state index >= 15 is 0 Å². The number of Topliss-reactive ketones (excluding diaryl/α,β-unsaturated/α-hetero) is 1. The van der Waals surface area contributed by atoms with Crippen LogP contribution in [0, 0.1) is 6.92 Å². The zero-order chi connectivity index (χ0) is 20.9. The number of H-pyrrole nitrogens is 1. The van der Waals surface area contributed by atoms with Crippen LogP contribution in [-0.4, -0.2) is 33.4 Å². The molecule has 28 heavy (non-hydrogen) atoms. The van der Waals surface area contributed by atoms with Crippen molar-refractivity contribution in [3.63, 3.8) is 0 Å². The second-order valence-electron chi connectivity index (χ2n) is 8.39. The molecule has 0 unspecified atom stereocenters. The van der Waals surface area contributed by atoms with Crippen molar-refractivity contribution in [1.29, 1.82) is 0 Å². The highest BCUT2D eigenvalue weighted by Crippen LogP contribution is 2.42. The molecule has 0 saturated carbocycles. The Balaban J connectivity index is 1.97. The van der Waals surface area contributed by atoms with E-state index in [1.807, 2.05) is 26.8 Å². The zero-order valence-corrected chi connectivity index (χ0v) is 16.7. The van der Waals surface area contributed by atoms with Gasteiger partial charge in [-0.1, -0.05) is 26.0 Å². The molecular weight excluding hydrogens is 360 g/mol. The summed E-state index contributed by atoms with van der Waals surface area (Å²) in [5.41, 5.74) is 2.11. The standard InChI is InChI=1S/C21H24N2O5/c1-11-6-15-14(20(2,3)10-28-21(15,4)5)7-12(11)8-16(24)17-22-9-13(19(26)27)18(25)23-17/h6-7,9H,8,10H2,1-5H3,(H,26,27)(H,22,23,25). The Hall–Kier alpha value is -2.80. The summed E-state index contributed by atoms with van der Waals surface area (Å²) in [6.07, 6.45) is 0.975. The van der Waals surface area contributed by atoms with E-state index in [1.54, 1.807) is 0 Å². The molecule has 3 rings (SSSR count). The SMILES string of the molecule is Cc1cc2c(cc1CC(=O)c1ncc(C(=O)O)c(=O)[nH]1)C(C)(C)COC2(C)C. The number of benzene rings is 1. The Kier molecular flexibility index (Phi) is 4.75. The smallest absolute Gasteiger partial charge is 0.342 e. The van der Waals surface area contributed by atoms with E-state index in [2.05, 4.69) is 29.9 Å². The predicted octanol–water partition coefficient (Wildman–Crippen LogP) is 2.74. The molecule has 0 bridgehead atoms. The second kappa shape index (κ2) is 6.67. The van der Waals surface area contributed by atoms with E-state index in [0.717, 1.165) is 28.5 Å². The maximum atomic E-state index is 12.7. The number of carbonyl (C=O) groups excluding carboxylic acids is 1. The summed E-state index contributed by atoms with van der Waals surface area (Å²) >= 11 is 0. The molecule has 1 aliphatic heterocycles. The topological polar surface area (TPSA) is 109 Å².